The van der Waals surface area contributed by atoms with E-state index < -0.39 is 0 Å². The molecular weight excluding hydrogens is 290 g/mol. The van der Waals surface area contributed by atoms with E-state index in [-0.39, 0.29) is 0 Å². The lowest BCUT2D eigenvalue weighted by Gasteiger charge is -2.06. The third-order valence-corrected chi connectivity index (χ3v) is 4.94. The van der Waals surface area contributed by atoms with Gasteiger partial charge >= 0.3 is 0 Å². The van der Waals surface area contributed by atoms with Gasteiger partial charge in [0.15, 0.2) is 0 Å². The lowest BCUT2D eigenvalue weighted by Crippen LogP contribution is -2.09. The molecule has 0 saturated heterocycles. The molecule has 20 heavy (non-hydrogen) atoms. The third-order valence-electron chi connectivity index (χ3n) is 2.67. The van der Waals surface area contributed by atoms with Crippen LogP contribution < -0.4 is 5.32 Å². The van der Waals surface area contributed by atoms with Crippen LogP contribution >= 0.6 is 23.1 Å². The molecule has 0 atom stereocenters. The summed E-state index contributed by atoms with van der Waals surface area (Å²) in [6, 6.07) is 4.48. The summed E-state index contributed by atoms with van der Waals surface area (Å²) in [5, 5.41) is 7.30. The first kappa shape index (κ1) is 15.3. The monoisotopic (exact) mass is 311 g/mol. The van der Waals surface area contributed by atoms with Gasteiger partial charge in [0, 0.05) is 41.4 Å². The highest BCUT2D eigenvalue weighted by Gasteiger charge is 2.02. The predicted molar refractivity (Wildman–Crippen MR) is 87.4 cm³/mol. The van der Waals surface area contributed by atoms with Crippen LogP contribution in [-0.4, -0.2) is 46.1 Å². The zero-order valence-corrected chi connectivity index (χ0v) is 13.8. The second-order valence-electron chi connectivity index (χ2n) is 4.79. The van der Waals surface area contributed by atoms with E-state index in [1.54, 1.807) is 11.0 Å². The highest BCUT2D eigenvalue weighted by atomic mass is 32.2. The molecule has 0 amide bonds. The van der Waals surface area contributed by atoms with E-state index in [2.05, 4.69) is 46.5 Å². The smallest absolute Gasteiger partial charge is 0.220 e. The molecule has 0 spiro atoms. The van der Waals surface area contributed by atoms with E-state index in [4.69, 9.17) is 0 Å². The molecule has 0 aliphatic rings. The van der Waals surface area contributed by atoms with E-state index in [0.29, 0.717) is 0 Å². The molecule has 0 unspecified atom stereocenters. The number of aromatic nitrogens is 3. The average molecular weight is 311 g/mol. The number of rotatable bonds is 8. The van der Waals surface area contributed by atoms with Crippen LogP contribution in [-0.2, 0) is 19.3 Å². The first-order chi connectivity index (χ1) is 9.65. The van der Waals surface area contributed by atoms with Crippen molar-refractivity contribution in [1.29, 1.82) is 0 Å². The van der Waals surface area contributed by atoms with E-state index in [1.165, 1.54) is 9.75 Å². The van der Waals surface area contributed by atoms with Crippen molar-refractivity contribution < 1.29 is 0 Å². The molecule has 2 aromatic heterocycles. The fourth-order valence-corrected chi connectivity index (χ4v) is 3.87. The van der Waals surface area contributed by atoms with Crippen LogP contribution in [0.2, 0.25) is 0 Å². The maximum atomic E-state index is 4.13. The van der Waals surface area contributed by atoms with Crippen LogP contribution in [0.3, 0.4) is 0 Å². The number of nitrogens with one attached hydrogen (secondary N) is 1. The van der Waals surface area contributed by atoms with E-state index in [0.717, 1.165) is 30.5 Å². The van der Waals surface area contributed by atoms with Crippen molar-refractivity contribution >= 4 is 29.0 Å². The minimum Gasteiger partial charge on any atom is -0.354 e. The van der Waals surface area contributed by atoms with Gasteiger partial charge in [-0.3, -0.25) is 0 Å². The van der Waals surface area contributed by atoms with Crippen molar-refractivity contribution in [3.63, 3.8) is 0 Å². The molecule has 0 aliphatic heterocycles. The minimum absolute atomic E-state index is 0.829. The summed E-state index contributed by atoms with van der Waals surface area (Å²) in [7, 11) is 6.10. The normalized spacial score (nSPS) is 11.2. The zero-order valence-electron chi connectivity index (χ0n) is 12.2. The lowest BCUT2D eigenvalue weighted by molar-refractivity contribution is 0.406. The highest BCUT2D eigenvalue weighted by molar-refractivity contribution is 7.98. The molecular formula is C13H21N5S2. The highest BCUT2D eigenvalue weighted by Crippen LogP contribution is 2.22. The second kappa shape index (κ2) is 7.66. The SMILES string of the molecule is CN(C)Cc1ccc(CSCCNc2ncnn2C)s1. The molecule has 0 fully saturated rings. The fourth-order valence-electron chi connectivity index (χ4n) is 1.76. The Kier molecular flexibility index (Phi) is 5.87. The number of thioether (sulfide) groups is 1. The lowest BCUT2D eigenvalue weighted by atomic mass is 10.4. The molecule has 110 valence electrons. The summed E-state index contributed by atoms with van der Waals surface area (Å²) in [4.78, 5) is 9.22. The quantitative estimate of drug-likeness (QED) is 0.758. The van der Waals surface area contributed by atoms with Gasteiger partial charge in [-0.1, -0.05) is 0 Å². The predicted octanol–water partition coefficient (Wildman–Crippen LogP) is 2.28. The Bertz CT molecular complexity index is 520. The van der Waals surface area contributed by atoms with Crippen molar-refractivity contribution in [1.82, 2.24) is 19.7 Å². The standard InChI is InChI=1S/C13H21N5S2/c1-17(2)8-11-4-5-12(20-11)9-19-7-6-14-13-15-10-16-18(13)3/h4-5,10H,6-9H2,1-3H3,(H,14,15,16). The van der Waals surface area contributed by atoms with Crippen molar-refractivity contribution in [2.45, 2.75) is 12.3 Å². The van der Waals surface area contributed by atoms with Gasteiger partial charge in [0.2, 0.25) is 5.95 Å². The Morgan fingerprint density at radius 3 is 2.85 bits per heavy atom. The van der Waals surface area contributed by atoms with Gasteiger partial charge in [0.25, 0.3) is 0 Å². The Morgan fingerprint density at radius 2 is 2.15 bits per heavy atom. The van der Waals surface area contributed by atoms with Crippen LogP contribution in [0.25, 0.3) is 0 Å². The maximum absolute atomic E-state index is 4.13. The van der Waals surface area contributed by atoms with Gasteiger partial charge in [0.1, 0.15) is 6.33 Å². The topological polar surface area (TPSA) is 46.0 Å². The second-order valence-corrected chi connectivity index (χ2v) is 7.15. The van der Waals surface area contributed by atoms with Gasteiger partial charge in [-0.05, 0) is 26.2 Å². The first-order valence-corrected chi connectivity index (χ1v) is 8.50. The summed E-state index contributed by atoms with van der Waals surface area (Å²) >= 11 is 3.85. The molecule has 2 heterocycles. The number of aryl methyl sites for hydroxylation is 1. The number of thiophene rings is 1. The minimum atomic E-state index is 0.829. The Labute approximate surface area is 128 Å². The molecule has 0 saturated carbocycles. The fraction of sp³-hybridized carbons (Fsp3) is 0.538. The van der Waals surface area contributed by atoms with Gasteiger partial charge in [-0.25, -0.2) is 4.68 Å². The number of hydrogen-bond acceptors (Lipinski definition) is 6. The molecule has 1 N–H and O–H groups in total. The zero-order chi connectivity index (χ0) is 14.4. The first-order valence-electron chi connectivity index (χ1n) is 6.53. The largest absolute Gasteiger partial charge is 0.354 e. The Balaban J connectivity index is 1.63. The Morgan fingerprint density at radius 1 is 1.35 bits per heavy atom. The van der Waals surface area contributed by atoms with Gasteiger partial charge in [-0.2, -0.15) is 21.8 Å². The molecule has 0 aliphatic carbocycles. The van der Waals surface area contributed by atoms with E-state index >= 15 is 0 Å². The van der Waals surface area contributed by atoms with Crippen LogP contribution in [0.1, 0.15) is 9.75 Å². The molecule has 0 bridgehead atoms. The summed E-state index contributed by atoms with van der Waals surface area (Å²) in [5.41, 5.74) is 0. The van der Waals surface area contributed by atoms with Gasteiger partial charge < -0.3 is 10.2 Å². The van der Waals surface area contributed by atoms with E-state index in [9.17, 15) is 0 Å². The summed E-state index contributed by atoms with van der Waals surface area (Å²) in [6.07, 6.45) is 1.56. The molecule has 2 aromatic rings. The molecule has 2 rings (SSSR count). The van der Waals surface area contributed by atoms with Crippen molar-refractivity contribution in [3.05, 3.63) is 28.2 Å². The van der Waals surface area contributed by atoms with Crippen LogP contribution in [0, 0.1) is 0 Å². The summed E-state index contributed by atoms with van der Waals surface area (Å²) < 4.78 is 1.75. The third kappa shape index (κ3) is 4.81. The number of hydrogen-bond donors (Lipinski definition) is 1. The maximum Gasteiger partial charge on any atom is 0.220 e. The van der Waals surface area contributed by atoms with Crippen molar-refractivity contribution in [2.24, 2.45) is 7.05 Å². The molecule has 0 radical (unpaired) electrons. The molecule has 5 nitrogen and oxygen atoms in total. The van der Waals surface area contributed by atoms with E-state index in [1.807, 2.05) is 30.1 Å². The van der Waals surface area contributed by atoms with Gasteiger partial charge in [0.05, 0.1) is 0 Å². The van der Waals surface area contributed by atoms with Gasteiger partial charge in [-0.15, -0.1) is 11.3 Å². The molecule has 0 aromatic carbocycles. The van der Waals surface area contributed by atoms with Crippen LogP contribution in [0.4, 0.5) is 5.95 Å². The number of nitrogens with zero attached hydrogens (tertiary/aromatic N) is 4. The van der Waals surface area contributed by atoms with Crippen LogP contribution in [0.5, 0.6) is 0 Å². The average Bonchev–Trinajstić information content (AvgIpc) is 2.98. The van der Waals surface area contributed by atoms with Crippen molar-refractivity contribution in [3.8, 4) is 0 Å². The van der Waals surface area contributed by atoms with Crippen LogP contribution in [0.15, 0.2) is 18.5 Å². The van der Waals surface area contributed by atoms with Crippen molar-refractivity contribution in [2.75, 3.05) is 31.7 Å². The summed E-state index contributed by atoms with van der Waals surface area (Å²) in [5.74, 6) is 2.97. The Hall–Kier alpha value is -1.05. The number of anilines is 1. The summed E-state index contributed by atoms with van der Waals surface area (Å²) in [6.45, 7) is 1.94. The molecule has 7 heteroatoms.